The van der Waals surface area contributed by atoms with Crippen molar-refractivity contribution in [1.82, 2.24) is 14.8 Å². The standard InChI is InChI=1S/C9H10N4O/c1-6-2-3-8(7(10)4-6)13-5-11-12-9(13)14/h2-5H,10H2,1H3,(H,12,14). The third-order valence-corrected chi connectivity index (χ3v) is 1.99. The Morgan fingerprint density at radius 3 is 2.86 bits per heavy atom. The highest BCUT2D eigenvalue weighted by Gasteiger charge is 2.04. The second-order valence-corrected chi connectivity index (χ2v) is 3.09. The molecular formula is C9H10N4O. The van der Waals surface area contributed by atoms with Crippen LogP contribution < -0.4 is 11.4 Å². The topological polar surface area (TPSA) is 76.7 Å². The minimum absolute atomic E-state index is 0.291. The maximum Gasteiger partial charge on any atom is 0.347 e. The Bertz CT molecular complexity index is 512. The fourth-order valence-corrected chi connectivity index (χ4v) is 1.31. The monoisotopic (exact) mass is 190 g/mol. The lowest BCUT2D eigenvalue weighted by molar-refractivity contribution is 0.984. The third kappa shape index (κ3) is 1.28. The normalized spacial score (nSPS) is 10.4. The molecule has 0 saturated carbocycles. The average Bonchev–Trinajstić information content (AvgIpc) is 2.52. The van der Waals surface area contributed by atoms with Crippen LogP contribution in [0.15, 0.2) is 29.3 Å². The number of hydrogen-bond donors (Lipinski definition) is 2. The molecule has 2 rings (SSSR count). The van der Waals surface area contributed by atoms with Gasteiger partial charge in [0.25, 0.3) is 0 Å². The van der Waals surface area contributed by atoms with Crippen LogP contribution in [0.3, 0.4) is 0 Å². The summed E-state index contributed by atoms with van der Waals surface area (Å²) in [6.45, 7) is 1.94. The van der Waals surface area contributed by atoms with Crippen LogP contribution >= 0.6 is 0 Å². The number of rotatable bonds is 1. The second-order valence-electron chi connectivity index (χ2n) is 3.09. The average molecular weight is 190 g/mol. The van der Waals surface area contributed by atoms with Crippen molar-refractivity contribution in [1.29, 1.82) is 0 Å². The van der Waals surface area contributed by atoms with E-state index in [2.05, 4.69) is 10.2 Å². The molecule has 1 aromatic carbocycles. The van der Waals surface area contributed by atoms with Crippen molar-refractivity contribution in [2.45, 2.75) is 6.92 Å². The van der Waals surface area contributed by atoms with Gasteiger partial charge in [-0.2, -0.15) is 5.10 Å². The molecule has 0 bridgehead atoms. The zero-order valence-corrected chi connectivity index (χ0v) is 7.69. The van der Waals surface area contributed by atoms with E-state index >= 15 is 0 Å². The summed E-state index contributed by atoms with van der Waals surface area (Å²) in [6, 6.07) is 5.50. The molecule has 1 aromatic heterocycles. The van der Waals surface area contributed by atoms with Crippen LogP contribution in [0.25, 0.3) is 5.69 Å². The lowest BCUT2D eigenvalue weighted by Gasteiger charge is -2.04. The first-order chi connectivity index (χ1) is 6.68. The van der Waals surface area contributed by atoms with Gasteiger partial charge in [0.05, 0.1) is 11.4 Å². The smallest absolute Gasteiger partial charge is 0.347 e. The lowest BCUT2D eigenvalue weighted by Crippen LogP contribution is -2.15. The molecule has 0 aliphatic rings. The number of benzene rings is 1. The van der Waals surface area contributed by atoms with Crippen molar-refractivity contribution in [3.63, 3.8) is 0 Å². The summed E-state index contributed by atoms with van der Waals surface area (Å²) >= 11 is 0. The van der Waals surface area contributed by atoms with Crippen LogP contribution in [0, 0.1) is 6.92 Å². The van der Waals surface area contributed by atoms with Gasteiger partial charge in [-0.3, -0.25) is 0 Å². The predicted octanol–water partition coefficient (Wildman–Crippen LogP) is 0.451. The summed E-state index contributed by atoms with van der Waals surface area (Å²) in [5.41, 5.74) is 7.76. The van der Waals surface area contributed by atoms with Crippen molar-refractivity contribution in [3.8, 4) is 5.69 Å². The van der Waals surface area contributed by atoms with Crippen LogP contribution in [0.1, 0.15) is 5.56 Å². The highest BCUT2D eigenvalue weighted by molar-refractivity contribution is 5.58. The predicted molar refractivity (Wildman–Crippen MR) is 53.3 cm³/mol. The van der Waals surface area contributed by atoms with Gasteiger partial charge in [-0.25, -0.2) is 14.5 Å². The molecule has 0 aliphatic heterocycles. The molecule has 1 heterocycles. The molecule has 0 atom stereocenters. The molecule has 14 heavy (non-hydrogen) atoms. The first-order valence-electron chi connectivity index (χ1n) is 4.17. The zero-order valence-electron chi connectivity index (χ0n) is 7.69. The van der Waals surface area contributed by atoms with Gasteiger partial charge in [0.1, 0.15) is 6.33 Å². The van der Waals surface area contributed by atoms with E-state index in [0.29, 0.717) is 11.4 Å². The molecule has 0 aliphatic carbocycles. The molecule has 72 valence electrons. The molecule has 5 heteroatoms. The summed E-state index contributed by atoms with van der Waals surface area (Å²) in [6.07, 6.45) is 1.41. The number of aromatic nitrogens is 3. The second kappa shape index (κ2) is 3.02. The van der Waals surface area contributed by atoms with E-state index in [1.54, 1.807) is 6.07 Å². The maximum atomic E-state index is 11.2. The Hall–Kier alpha value is -2.04. The van der Waals surface area contributed by atoms with Gasteiger partial charge in [-0.15, -0.1) is 0 Å². The zero-order chi connectivity index (χ0) is 10.1. The molecule has 0 amide bonds. The molecule has 0 unspecified atom stereocenters. The number of hydrogen-bond acceptors (Lipinski definition) is 3. The Morgan fingerprint density at radius 2 is 2.29 bits per heavy atom. The SMILES string of the molecule is Cc1ccc(-n2cn[nH]c2=O)c(N)c1. The van der Waals surface area contributed by atoms with E-state index in [0.717, 1.165) is 5.56 Å². The Morgan fingerprint density at radius 1 is 1.50 bits per heavy atom. The quantitative estimate of drug-likeness (QED) is 0.641. The minimum Gasteiger partial charge on any atom is -0.397 e. The maximum absolute atomic E-state index is 11.2. The number of nitrogens with zero attached hydrogens (tertiary/aromatic N) is 2. The van der Waals surface area contributed by atoms with Crippen LogP contribution in [0.5, 0.6) is 0 Å². The summed E-state index contributed by atoms with van der Waals surface area (Å²) in [7, 11) is 0. The van der Waals surface area contributed by atoms with Crippen molar-refractivity contribution >= 4 is 5.69 Å². The van der Waals surface area contributed by atoms with E-state index in [1.807, 2.05) is 19.1 Å². The van der Waals surface area contributed by atoms with Gasteiger partial charge in [0.2, 0.25) is 0 Å². The number of anilines is 1. The van der Waals surface area contributed by atoms with Gasteiger partial charge in [0.15, 0.2) is 0 Å². The van der Waals surface area contributed by atoms with Crippen molar-refractivity contribution in [3.05, 3.63) is 40.6 Å². The minimum atomic E-state index is -0.291. The van der Waals surface area contributed by atoms with Gasteiger partial charge >= 0.3 is 5.69 Å². The number of nitrogens with one attached hydrogen (secondary N) is 1. The molecule has 3 N–H and O–H groups in total. The van der Waals surface area contributed by atoms with Crippen LogP contribution in [0.4, 0.5) is 5.69 Å². The molecule has 2 aromatic rings. The molecule has 5 nitrogen and oxygen atoms in total. The van der Waals surface area contributed by atoms with Crippen molar-refractivity contribution in [2.24, 2.45) is 0 Å². The van der Waals surface area contributed by atoms with Crippen LogP contribution in [-0.2, 0) is 0 Å². The number of aryl methyl sites for hydroxylation is 1. The molecule has 0 fully saturated rings. The van der Waals surface area contributed by atoms with Gasteiger partial charge < -0.3 is 5.73 Å². The first-order valence-corrected chi connectivity index (χ1v) is 4.17. The van der Waals surface area contributed by atoms with Gasteiger partial charge in [-0.05, 0) is 24.6 Å². The lowest BCUT2D eigenvalue weighted by atomic mass is 10.2. The van der Waals surface area contributed by atoms with Crippen molar-refractivity contribution in [2.75, 3.05) is 5.73 Å². The number of nitrogen functional groups attached to an aromatic ring is 1. The molecule has 0 radical (unpaired) electrons. The summed E-state index contributed by atoms with van der Waals surface area (Å²) in [5.74, 6) is 0. The number of H-pyrrole nitrogens is 1. The Labute approximate surface area is 80.2 Å². The van der Waals surface area contributed by atoms with Gasteiger partial charge in [0, 0.05) is 0 Å². The van der Waals surface area contributed by atoms with E-state index in [4.69, 9.17) is 5.73 Å². The molecule has 0 saturated heterocycles. The van der Waals surface area contributed by atoms with Crippen LogP contribution in [-0.4, -0.2) is 14.8 Å². The van der Waals surface area contributed by atoms with Crippen molar-refractivity contribution < 1.29 is 0 Å². The van der Waals surface area contributed by atoms with Gasteiger partial charge in [-0.1, -0.05) is 6.07 Å². The van der Waals surface area contributed by atoms with E-state index in [-0.39, 0.29) is 5.69 Å². The summed E-state index contributed by atoms with van der Waals surface area (Å²) in [5, 5.41) is 5.94. The third-order valence-electron chi connectivity index (χ3n) is 1.99. The molecular weight excluding hydrogens is 180 g/mol. The van der Waals surface area contributed by atoms with E-state index in [1.165, 1.54) is 10.9 Å². The van der Waals surface area contributed by atoms with E-state index in [9.17, 15) is 4.79 Å². The highest BCUT2D eigenvalue weighted by Crippen LogP contribution is 2.16. The summed E-state index contributed by atoms with van der Waals surface area (Å²) < 4.78 is 1.37. The number of nitrogens with two attached hydrogens (primary N) is 1. The highest BCUT2D eigenvalue weighted by atomic mass is 16.1. The Kier molecular flexibility index (Phi) is 1.85. The molecule has 0 spiro atoms. The fraction of sp³-hybridized carbons (Fsp3) is 0.111. The fourth-order valence-electron chi connectivity index (χ4n) is 1.31. The van der Waals surface area contributed by atoms with Crippen LogP contribution in [0.2, 0.25) is 0 Å². The number of aromatic amines is 1. The summed E-state index contributed by atoms with van der Waals surface area (Å²) in [4.78, 5) is 11.2. The Balaban J connectivity index is 2.63. The largest absolute Gasteiger partial charge is 0.397 e. The van der Waals surface area contributed by atoms with E-state index < -0.39 is 0 Å². The first kappa shape index (κ1) is 8.55.